The van der Waals surface area contributed by atoms with E-state index in [4.69, 9.17) is 0 Å². The largest absolute Gasteiger partial charge is 0.354 e. The summed E-state index contributed by atoms with van der Waals surface area (Å²) in [5, 5.41) is 2.86. The minimum absolute atomic E-state index is 0.248. The molecule has 4 unspecified atom stereocenters. The molecule has 0 saturated carbocycles. The van der Waals surface area contributed by atoms with Gasteiger partial charge in [0.15, 0.2) is 44.3 Å². The Morgan fingerprint density at radius 1 is 0.267 bits per heavy atom. The Labute approximate surface area is 351 Å². The first-order valence-corrected chi connectivity index (χ1v) is 22.6. The first kappa shape index (κ1) is 39.4. The lowest BCUT2D eigenvalue weighted by Gasteiger charge is -2.10. The van der Waals surface area contributed by atoms with Crippen molar-refractivity contribution in [2.24, 2.45) is 0 Å². The van der Waals surface area contributed by atoms with Crippen molar-refractivity contribution >= 4 is 66.6 Å². The van der Waals surface area contributed by atoms with Crippen LogP contribution in [0.3, 0.4) is 0 Å². The minimum Gasteiger partial charge on any atom is -0.354 e. The Bertz CT molecular complexity index is 2870. The fraction of sp³-hybridized carbons (Fsp3) is 0. The lowest BCUT2D eigenvalue weighted by atomic mass is 10.0. The summed E-state index contributed by atoms with van der Waals surface area (Å²) in [7, 11) is 0. The van der Waals surface area contributed by atoms with Crippen LogP contribution in [-0.4, -0.2) is 55.0 Å². The number of aromatic amines is 4. The van der Waals surface area contributed by atoms with Crippen LogP contribution in [0.25, 0.3) is 22.3 Å². The standard InChI is InChI=1S/C44H32N4O8S4/c49-57(50)29-9-1-25(2-10-29)41-33-17-19-35(45-33)42(26-3-11-30(12-4-26)58(51)52)37-21-23-39(47-37)44(28-7-15-32(16-8-28)60(55)56)40-24-22-38(48-40)43(36-20-18-34(41)46-36)27-5-13-31(14-6-27)59(53)54/h1-24,45-48H,(H,49,50)(H,51,52)(H,53,54)(H,55,56). The highest BCUT2D eigenvalue weighted by molar-refractivity contribution is 7.80. The van der Waals surface area contributed by atoms with Crippen LogP contribution in [0.15, 0.2) is 165 Å². The molecular weight excluding hydrogens is 841 g/mol. The smallest absolute Gasteiger partial charge is 0.186 e. The molecular formula is C44H32N4O8S4. The number of hydrogen-bond donors (Lipinski definition) is 8. The topological polar surface area (TPSA) is 212 Å². The summed E-state index contributed by atoms with van der Waals surface area (Å²) >= 11 is -8.71. The van der Waals surface area contributed by atoms with Crippen molar-refractivity contribution in [1.29, 1.82) is 0 Å². The van der Waals surface area contributed by atoms with Crippen LogP contribution in [0.5, 0.6) is 0 Å². The van der Waals surface area contributed by atoms with E-state index in [2.05, 4.69) is 19.9 Å². The van der Waals surface area contributed by atoms with E-state index in [0.717, 1.165) is 44.5 Å². The molecule has 0 fully saturated rings. The average molecular weight is 873 g/mol. The predicted molar refractivity (Wildman–Crippen MR) is 230 cm³/mol. The zero-order chi connectivity index (χ0) is 41.7. The third-order valence-electron chi connectivity index (χ3n) is 10.3. The van der Waals surface area contributed by atoms with Crippen LogP contribution in [0.4, 0.5) is 0 Å². The Kier molecular flexibility index (Phi) is 10.6. The molecule has 12 nitrogen and oxygen atoms in total. The van der Waals surface area contributed by atoms with Crippen LogP contribution < -0.4 is 21.4 Å². The molecule has 1 aliphatic rings. The van der Waals surface area contributed by atoms with Gasteiger partial charge in [0.25, 0.3) is 0 Å². The van der Waals surface area contributed by atoms with Gasteiger partial charge in [-0.05, 0) is 119 Å². The molecule has 1 aliphatic heterocycles. The summed E-state index contributed by atoms with van der Waals surface area (Å²) in [6.45, 7) is 0. The van der Waals surface area contributed by atoms with Gasteiger partial charge in [-0.2, -0.15) is 0 Å². The van der Waals surface area contributed by atoms with Crippen molar-refractivity contribution in [2.75, 3.05) is 0 Å². The molecule has 4 aromatic heterocycles. The molecule has 0 spiro atoms. The minimum atomic E-state index is -2.18. The number of fused-ring (bicyclic) bond motifs is 8. The number of hydrogen-bond acceptors (Lipinski definition) is 4. The van der Waals surface area contributed by atoms with E-state index in [1.807, 2.05) is 48.5 Å². The predicted octanol–water partition coefficient (Wildman–Crippen LogP) is 4.62. The quantitative estimate of drug-likeness (QED) is 0.101. The zero-order valence-electron chi connectivity index (χ0n) is 30.9. The van der Waals surface area contributed by atoms with E-state index in [-0.39, 0.29) is 19.6 Å². The number of rotatable bonds is 8. The van der Waals surface area contributed by atoms with E-state index in [1.165, 1.54) is 0 Å². The average Bonchev–Trinajstić information content (AvgIpc) is 4.10. The van der Waals surface area contributed by atoms with Crippen LogP contribution in [0, 0.1) is 0 Å². The molecule has 8 bridgehead atoms. The van der Waals surface area contributed by atoms with Crippen molar-refractivity contribution in [2.45, 2.75) is 19.6 Å². The number of H-pyrrole nitrogens is 4. The van der Waals surface area contributed by atoms with E-state index < -0.39 is 44.3 Å². The maximum Gasteiger partial charge on any atom is 0.186 e. The van der Waals surface area contributed by atoms with Gasteiger partial charge in [-0.3, -0.25) is 0 Å². The first-order chi connectivity index (χ1) is 29.0. The third kappa shape index (κ3) is 7.51. The second-order valence-corrected chi connectivity index (χ2v) is 17.6. The Morgan fingerprint density at radius 3 is 0.650 bits per heavy atom. The molecule has 8 aromatic rings. The second-order valence-electron chi connectivity index (χ2n) is 13.7. The van der Waals surface area contributed by atoms with Gasteiger partial charge in [0, 0.05) is 66.5 Å². The number of aromatic nitrogens is 4. The molecule has 4 aromatic carbocycles. The molecule has 0 saturated heterocycles. The summed E-state index contributed by atoms with van der Waals surface area (Å²) < 4.78 is 87.0. The molecule has 16 heteroatoms. The van der Waals surface area contributed by atoms with E-state index in [0.29, 0.717) is 44.2 Å². The van der Waals surface area contributed by atoms with Crippen molar-refractivity contribution in [1.82, 2.24) is 19.9 Å². The molecule has 0 aliphatic carbocycles. The van der Waals surface area contributed by atoms with Crippen molar-refractivity contribution < 1.29 is 35.0 Å². The summed E-state index contributed by atoms with van der Waals surface area (Å²) in [4.78, 5) is 15.5. The summed E-state index contributed by atoms with van der Waals surface area (Å²) in [6, 6.07) is 42.7. The molecule has 300 valence electrons. The Hall–Kier alpha value is -6.08. The van der Waals surface area contributed by atoms with Gasteiger partial charge in [0.05, 0.1) is 19.6 Å². The summed E-state index contributed by atoms with van der Waals surface area (Å²) in [6.07, 6.45) is 0. The van der Waals surface area contributed by atoms with Crippen molar-refractivity contribution in [3.63, 3.8) is 0 Å². The van der Waals surface area contributed by atoms with Crippen LogP contribution in [-0.2, 0) is 44.3 Å². The highest BCUT2D eigenvalue weighted by Crippen LogP contribution is 2.29. The SMILES string of the molecule is O=S(O)c1ccc(C2=c3ccc([nH]3)=C(c3ccc(S(=O)O)cc3)c3ccc([nH]3)C(c3ccc(S(=O)O)cc3)=c3ccc([nH]3)=C(c3ccc(S(=O)O)cc3)c3ccc2[nH]3)cc1. The fourth-order valence-corrected chi connectivity index (χ4v) is 9.00. The highest BCUT2D eigenvalue weighted by atomic mass is 32.2. The van der Waals surface area contributed by atoms with Gasteiger partial charge >= 0.3 is 0 Å². The lowest BCUT2D eigenvalue weighted by Crippen LogP contribution is -2.19. The van der Waals surface area contributed by atoms with Gasteiger partial charge in [-0.15, -0.1) is 0 Å². The maximum atomic E-state index is 12.0. The molecule has 60 heavy (non-hydrogen) atoms. The first-order valence-electron chi connectivity index (χ1n) is 18.1. The van der Waals surface area contributed by atoms with Crippen LogP contribution in [0.1, 0.15) is 45.0 Å². The lowest BCUT2D eigenvalue weighted by molar-refractivity contribution is 0.563. The molecule has 8 N–H and O–H groups in total. The number of benzene rings is 4. The van der Waals surface area contributed by atoms with Gasteiger partial charge in [0.2, 0.25) is 0 Å². The summed E-state index contributed by atoms with van der Waals surface area (Å²) in [5.74, 6) is 0. The van der Waals surface area contributed by atoms with Gasteiger partial charge < -0.3 is 38.1 Å². The van der Waals surface area contributed by atoms with Gasteiger partial charge in [-0.25, -0.2) is 16.8 Å². The van der Waals surface area contributed by atoms with E-state index in [1.54, 1.807) is 97.1 Å². The van der Waals surface area contributed by atoms with Gasteiger partial charge in [-0.1, -0.05) is 48.5 Å². The van der Waals surface area contributed by atoms with Gasteiger partial charge in [0.1, 0.15) is 0 Å². The molecule has 0 radical (unpaired) electrons. The van der Waals surface area contributed by atoms with E-state index >= 15 is 0 Å². The molecule has 0 amide bonds. The molecule has 4 atom stereocenters. The Balaban J connectivity index is 1.40. The maximum absolute atomic E-state index is 12.0. The Morgan fingerprint density at radius 2 is 0.467 bits per heavy atom. The highest BCUT2D eigenvalue weighted by Gasteiger charge is 2.19. The zero-order valence-corrected chi connectivity index (χ0v) is 34.2. The van der Waals surface area contributed by atoms with Crippen LogP contribution in [0.2, 0.25) is 0 Å². The fourth-order valence-electron chi connectivity index (χ4n) is 7.52. The molecule has 9 rings (SSSR count). The summed E-state index contributed by atoms with van der Waals surface area (Å²) in [5.41, 5.74) is 8.89. The van der Waals surface area contributed by atoms with Crippen molar-refractivity contribution in [3.05, 3.63) is 212 Å². The third-order valence-corrected chi connectivity index (χ3v) is 13.0. The normalized spacial score (nSPS) is 14.9. The van der Waals surface area contributed by atoms with E-state index in [9.17, 15) is 35.0 Å². The second kappa shape index (κ2) is 16.2. The molecule has 5 heterocycles. The monoisotopic (exact) mass is 872 g/mol. The van der Waals surface area contributed by atoms with Crippen LogP contribution >= 0.6 is 0 Å². The number of nitrogens with one attached hydrogen (secondary N) is 4. The van der Waals surface area contributed by atoms with Crippen molar-refractivity contribution in [3.8, 4) is 0 Å².